The Kier molecular flexibility index (Phi) is 6.19. The molecule has 2 bridgehead atoms. The summed E-state index contributed by atoms with van der Waals surface area (Å²) in [7, 11) is 0. The monoisotopic (exact) mass is 641 g/mol. The normalized spacial score (nSPS) is 29.0. The second-order valence-corrected chi connectivity index (χ2v) is 13.8. The molecule has 0 saturated carbocycles. The van der Waals surface area contributed by atoms with Gasteiger partial charge in [0.2, 0.25) is 5.88 Å². The molecule has 1 unspecified atom stereocenters. The first kappa shape index (κ1) is 28.8. The maximum absolute atomic E-state index is 17.1. The van der Waals surface area contributed by atoms with Gasteiger partial charge in [0, 0.05) is 47.2 Å². The molecule has 0 aliphatic carbocycles. The van der Waals surface area contributed by atoms with E-state index >= 15 is 4.39 Å². The molecule has 5 aliphatic heterocycles. The van der Waals surface area contributed by atoms with E-state index in [2.05, 4.69) is 21.1 Å². The van der Waals surface area contributed by atoms with Gasteiger partial charge >= 0.3 is 6.01 Å². The highest BCUT2D eigenvalue weighted by Crippen LogP contribution is 2.48. The number of nitrogens with two attached hydrogens (primary N) is 1. The highest BCUT2D eigenvalue weighted by Gasteiger charge is 2.57. The van der Waals surface area contributed by atoms with Crippen LogP contribution in [0.3, 0.4) is 0 Å². The third-order valence-electron chi connectivity index (χ3n) is 10.9. The minimum absolute atomic E-state index is 0.00851. The SMILES string of the molecule is C#Cc1cccc2cc(N)cc(-c3nc4c5c(nc(OCC67CCCN6CC(F)(F)C7)nc5c3F)N3C[C@H]5CC[C@H](N5)[C@H]3[C@H](C)O4)c12. The summed E-state index contributed by atoms with van der Waals surface area (Å²) < 4.78 is 59.1. The zero-order chi connectivity index (χ0) is 32.2. The van der Waals surface area contributed by atoms with Crippen molar-refractivity contribution in [2.75, 3.05) is 36.9 Å². The van der Waals surface area contributed by atoms with Crippen LogP contribution < -0.4 is 25.4 Å². The van der Waals surface area contributed by atoms with Crippen molar-refractivity contribution in [1.82, 2.24) is 25.2 Å². The van der Waals surface area contributed by atoms with Crippen LogP contribution in [-0.4, -0.2) is 81.8 Å². The van der Waals surface area contributed by atoms with Gasteiger partial charge in [-0.25, -0.2) is 18.2 Å². The van der Waals surface area contributed by atoms with Crippen LogP contribution in [0.5, 0.6) is 11.9 Å². The van der Waals surface area contributed by atoms with Gasteiger partial charge in [-0.05, 0) is 62.7 Å². The van der Waals surface area contributed by atoms with Gasteiger partial charge in [-0.2, -0.15) is 9.97 Å². The highest BCUT2D eigenvalue weighted by atomic mass is 19.3. The molecule has 47 heavy (non-hydrogen) atoms. The first-order valence-corrected chi connectivity index (χ1v) is 16.3. The van der Waals surface area contributed by atoms with Crippen molar-refractivity contribution in [2.45, 2.75) is 74.7 Å². The average Bonchev–Trinajstić information content (AvgIpc) is 3.66. The van der Waals surface area contributed by atoms with E-state index in [9.17, 15) is 8.78 Å². The third-order valence-corrected chi connectivity index (χ3v) is 10.9. The molecule has 0 amide bonds. The number of nitrogens with zero attached hydrogens (tertiary/aromatic N) is 5. The standard InChI is InChI=1S/C35H34F3N7O2/c1-3-19-6-4-7-20-12-21(39)13-23(25(19)20)28-27(36)29-26-31(45-14-22-8-9-24(40-22)30(45)18(2)47-32(26)41-28)43-33(42-29)46-17-34-10-5-11-44(34)16-35(37,38)15-34/h1,4,6-7,12-13,18,22,24,30,40H,5,8-11,14-17,39H2,2H3/t18-,22+,24-,30+,34?/m0/s1. The molecule has 4 fully saturated rings. The molecule has 4 saturated heterocycles. The topological polar surface area (TPSA) is 102 Å². The number of alkyl halides is 2. The summed E-state index contributed by atoms with van der Waals surface area (Å²) >= 11 is 0. The fourth-order valence-electron chi connectivity index (χ4n) is 8.96. The van der Waals surface area contributed by atoms with E-state index in [1.54, 1.807) is 18.2 Å². The summed E-state index contributed by atoms with van der Waals surface area (Å²) in [6.07, 6.45) is 8.64. The van der Waals surface area contributed by atoms with Gasteiger partial charge in [0.15, 0.2) is 5.82 Å². The van der Waals surface area contributed by atoms with Gasteiger partial charge in [-0.3, -0.25) is 4.90 Å². The Hall–Kier alpha value is -4.34. The number of nitrogens with one attached hydrogen (secondary N) is 1. The van der Waals surface area contributed by atoms with E-state index in [-0.39, 0.29) is 66.9 Å². The Balaban J connectivity index is 1.25. The number of aromatic nitrogens is 3. The molecule has 9 rings (SSSR count). The molecule has 3 N–H and O–H groups in total. The molecule has 4 aromatic rings. The summed E-state index contributed by atoms with van der Waals surface area (Å²) in [4.78, 5) is 18.3. The van der Waals surface area contributed by atoms with E-state index in [4.69, 9.17) is 31.6 Å². The van der Waals surface area contributed by atoms with Crippen molar-refractivity contribution in [3.8, 4) is 35.5 Å². The Bertz CT molecular complexity index is 2020. The van der Waals surface area contributed by atoms with Crippen LogP contribution in [0, 0.1) is 18.2 Å². The van der Waals surface area contributed by atoms with Crippen LogP contribution in [0.25, 0.3) is 32.9 Å². The lowest BCUT2D eigenvalue weighted by molar-refractivity contribution is 0.00803. The molecule has 7 heterocycles. The van der Waals surface area contributed by atoms with E-state index < -0.39 is 17.3 Å². The number of ether oxygens (including phenoxy) is 2. The van der Waals surface area contributed by atoms with Crippen molar-refractivity contribution in [3.05, 3.63) is 41.7 Å². The summed E-state index contributed by atoms with van der Waals surface area (Å²) in [5, 5.41) is 5.44. The number of halogens is 3. The summed E-state index contributed by atoms with van der Waals surface area (Å²) in [5.74, 6) is -0.0971. The van der Waals surface area contributed by atoms with E-state index in [1.807, 2.05) is 24.0 Å². The average molecular weight is 642 g/mol. The van der Waals surface area contributed by atoms with Gasteiger partial charge in [0.25, 0.3) is 5.92 Å². The zero-order valence-electron chi connectivity index (χ0n) is 25.9. The van der Waals surface area contributed by atoms with E-state index in [0.29, 0.717) is 52.9 Å². The van der Waals surface area contributed by atoms with Crippen molar-refractivity contribution in [3.63, 3.8) is 0 Å². The van der Waals surface area contributed by atoms with Crippen LogP contribution in [0.15, 0.2) is 30.3 Å². The van der Waals surface area contributed by atoms with E-state index in [1.165, 1.54) is 0 Å². The van der Waals surface area contributed by atoms with E-state index in [0.717, 1.165) is 24.6 Å². The number of hydrogen-bond acceptors (Lipinski definition) is 9. The number of piperazine rings is 1. The van der Waals surface area contributed by atoms with Gasteiger partial charge in [-0.1, -0.05) is 18.1 Å². The van der Waals surface area contributed by atoms with Gasteiger partial charge in [0.05, 0.1) is 18.1 Å². The minimum atomic E-state index is -2.79. The Morgan fingerprint density at radius 1 is 1.19 bits per heavy atom. The van der Waals surface area contributed by atoms with Crippen LogP contribution >= 0.6 is 0 Å². The van der Waals surface area contributed by atoms with Crippen LogP contribution in [-0.2, 0) is 0 Å². The van der Waals surface area contributed by atoms with Crippen molar-refractivity contribution < 1.29 is 22.6 Å². The second-order valence-electron chi connectivity index (χ2n) is 13.8. The minimum Gasteiger partial charge on any atom is -0.472 e. The number of nitrogen functional groups attached to an aromatic ring is 1. The van der Waals surface area contributed by atoms with Crippen molar-refractivity contribution in [2.24, 2.45) is 0 Å². The van der Waals surface area contributed by atoms with Gasteiger partial charge in [-0.15, -0.1) is 6.42 Å². The number of hydrogen-bond donors (Lipinski definition) is 2. The third kappa shape index (κ3) is 4.36. The van der Waals surface area contributed by atoms with Gasteiger partial charge < -0.3 is 25.4 Å². The lowest BCUT2D eigenvalue weighted by Gasteiger charge is -2.42. The number of fused-ring (bicyclic) bond motifs is 7. The molecule has 0 radical (unpaired) electrons. The fourth-order valence-corrected chi connectivity index (χ4v) is 8.96. The molecule has 0 spiro atoms. The van der Waals surface area contributed by atoms with Crippen LogP contribution in [0.1, 0.15) is 44.6 Å². The molecule has 9 nitrogen and oxygen atoms in total. The zero-order valence-corrected chi connectivity index (χ0v) is 25.9. The summed E-state index contributed by atoms with van der Waals surface area (Å²) in [6.45, 7) is 2.91. The Morgan fingerprint density at radius 2 is 2.06 bits per heavy atom. The number of terminal acetylenes is 1. The summed E-state index contributed by atoms with van der Waals surface area (Å²) in [6, 6.07) is 9.14. The van der Waals surface area contributed by atoms with Crippen LogP contribution in [0.2, 0.25) is 0 Å². The fraction of sp³-hybridized carbons (Fsp3) is 0.457. The van der Waals surface area contributed by atoms with Crippen LogP contribution in [0.4, 0.5) is 24.7 Å². The predicted molar refractivity (Wildman–Crippen MR) is 172 cm³/mol. The molecular weight excluding hydrogens is 607 g/mol. The quantitative estimate of drug-likeness (QED) is 0.238. The first-order chi connectivity index (χ1) is 22.6. The largest absolute Gasteiger partial charge is 0.472 e. The molecule has 5 atom stereocenters. The predicted octanol–water partition coefficient (Wildman–Crippen LogP) is 4.89. The maximum atomic E-state index is 17.1. The first-order valence-electron chi connectivity index (χ1n) is 16.3. The highest BCUT2D eigenvalue weighted by molar-refractivity contribution is 6.04. The molecule has 5 aliphatic rings. The number of pyridine rings is 1. The smallest absolute Gasteiger partial charge is 0.319 e. The molecular formula is C35H34F3N7O2. The molecule has 12 heteroatoms. The van der Waals surface area contributed by atoms with Crippen molar-refractivity contribution in [1.29, 1.82) is 0 Å². The van der Waals surface area contributed by atoms with Gasteiger partial charge in [0.1, 0.15) is 35.1 Å². The number of benzene rings is 2. The lowest BCUT2D eigenvalue weighted by atomic mass is 9.94. The Labute approximate surface area is 269 Å². The van der Waals surface area contributed by atoms with Crippen molar-refractivity contribution >= 4 is 33.2 Å². The second kappa shape index (κ2) is 10.1. The number of rotatable bonds is 4. The number of anilines is 2. The molecule has 2 aromatic heterocycles. The maximum Gasteiger partial charge on any atom is 0.319 e. The molecule has 242 valence electrons. The lowest BCUT2D eigenvalue weighted by Crippen LogP contribution is -2.62. The Morgan fingerprint density at radius 3 is 2.91 bits per heavy atom. The summed E-state index contributed by atoms with van der Waals surface area (Å²) in [5.41, 5.74) is 6.88. The molecule has 2 aromatic carbocycles.